The Bertz CT molecular complexity index is 531. The molecule has 0 spiro atoms. The van der Waals surface area contributed by atoms with Crippen LogP contribution >= 0.6 is 0 Å². The highest BCUT2D eigenvalue weighted by Crippen LogP contribution is 2.19. The van der Waals surface area contributed by atoms with Crippen LogP contribution in [-0.4, -0.2) is 30.2 Å². The summed E-state index contributed by atoms with van der Waals surface area (Å²) in [4.78, 5) is 14.0. The quantitative estimate of drug-likeness (QED) is 0.252. The lowest BCUT2D eigenvalue weighted by Gasteiger charge is -2.21. The van der Waals surface area contributed by atoms with E-state index in [2.05, 4.69) is 31.2 Å². The van der Waals surface area contributed by atoms with Gasteiger partial charge in [-0.1, -0.05) is 121 Å². The molecule has 1 fully saturated rings. The lowest BCUT2D eigenvalue weighted by molar-refractivity contribution is 0.157. The number of rotatable bonds is 17. The minimum absolute atomic E-state index is 0.124. The third-order valence-corrected chi connectivity index (χ3v) is 6.14. The van der Waals surface area contributed by atoms with Crippen molar-refractivity contribution in [2.45, 2.75) is 109 Å². The summed E-state index contributed by atoms with van der Waals surface area (Å²) >= 11 is 0. The molecule has 1 heterocycles. The average molecular weight is 402 g/mol. The van der Waals surface area contributed by atoms with E-state index >= 15 is 0 Å². The Morgan fingerprint density at radius 1 is 0.793 bits per heavy atom. The van der Waals surface area contributed by atoms with Crippen LogP contribution in [0.25, 0.3) is 0 Å². The second-order valence-corrected chi connectivity index (χ2v) is 8.71. The Kier molecular flexibility index (Phi) is 12.6. The Morgan fingerprint density at radius 2 is 1.31 bits per heavy atom. The molecule has 2 rings (SSSR count). The molecule has 0 aromatic heterocycles. The number of amides is 1. The normalized spacial score (nSPS) is 16.4. The first-order valence-corrected chi connectivity index (χ1v) is 12.3. The summed E-state index contributed by atoms with van der Waals surface area (Å²) in [6.45, 7) is 3.66. The summed E-state index contributed by atoms with van der Waals surface area (Å²) in [6.07, 6.45) is 19.8. The van der Waals surface area contributed by atoms with Gasteiger partial charge in [-0.25, -0.2) is 4.79 Å². The molecule has 1 atom stereocenters. The van der Waals surface area contributed by atoms with Crippen molar-refractivity contribution in [3.8, 4) is 0 Å². The molecular formula is C26H43NO2. The van der Waals surface area contributed by atoms with E-state index in [1.165, 1.54) is 89.0 Å². The monoisotopic (exact) mass is 401 g/mol. The zero-order chi connectivity index (χ0) is 20.6. The fraction of sp³-hybridized carbons (Fsp3) is 0.731. The molecule has 0 unspecified atom stereocenters. The van der Waals surface area contributed by atoms with Crippen LogP contribution in [0.1, 0.15) is 102 Å². The van der Waals surface area contributed by atoms with Gasteiger partial charge in [0.1, 0.15) is 6.61 Å². The van der Waals surface area contributed by atoms with Crippen LogP contribution in [0.3, 0.4) is 0 Å². The van der Waals surface area contributed by atoms with Gasteiger partial charge in [0.15, 0.2) is 0 Å². The minimum Gasteiger partial charge on any atom is -0.447 e. The maximum atomic E-state index is 12.0. The second-order valence-electron chi connectivity index (χ2n) is 8.71. The topological polar surface area (TPSA) is 29.5 Å². The SMILES string of the molecule is CCCCCCCCCCCCCCCCN1C(=O)OC[C@@H]1Cc1ccccc1. The largest absolute Gasteiger partial charge is 0.447 e. The van der Waals surface area contributed by atoms with Crippen molar-refractivity contribution in [2.75, 3.05) is 13.2 Å². The Balaban J connectivity index is 1.44. The number of benzene rings is 1. The fourth-order valence-electron chi connectivity index (χ4n) is 4.30. The van der Waals surface area contributed by atoms with E-state index in [1.807, 2.05) is 11.0 Å². The molecule has 1 aromatic carbocycles. The summed E-state index contributed by atoms with van der Waals surface area (Å²) in [5, 5.41) is 0. The zero-order valence-electron chi connectivity index (χ0n) is 18.7. The van der Waals surface area contributed by atoms with E-state index in [0.29, 0.717) is 6.61 Å². The summed E-state index contributed by atoms with van der Waals surface area (Å²) in [5.74, 6) is 0. The third-order valence-electron chi connectivity index (χ3n) is 6.14. The number of nitrogens with zero attached hydrogens (tertiary/aromatic N) is 1. The first-order valence-electron chi connectivity index (χ1n) is 12.3. The van der Waals surface area contributed by atoms with Crippen LogP contribution in [0.5, 0.6) is 0 Å². The number of hydrogen-bond acceptors (Lipinski definition) is 2. The van der Waals surface area contributed by atoms with Crippen LogP contribution in [0.4, 0.5) is 4.79 Å². The van der Waals surface area contributed by atoms with Crippen molar-refractivity contribution in [3.05, 3.63) is 35.9 Å². The molecule has 0 saturated carbocycles. The predicted octanol–water partition coefficient (Wildman–Crippen LogP) is 7.53. The highest BCUT2D eigenvalue weighted by atomic mass is 16.6. The number of carbonyl (C=O) groups is 1. The van der Waals surface area contributed by atoms with Gasteiger partial charge in [-0.3, -0.25) is 0 Å². The lowest BCUT2D eigenvalue weighted by Crippen LogP contribution is -2.35. The van der Waals surface area contributed by atoms with Gasteiger partial charge in [-0.15, -0.1) is 0 Å². The molecule has 164 valence electrons. The molecule has 3 nitrogen and oxygen atoms in total. The molecule has 1 amide bonds. The Hall–Kier alpha value is -1.51. The molecule has 0 bridgehead atoms. The van der Waals surface area contributed by atoms with Crippen molar-refractivity contribution >= 4 is 6.09 Å². The van der Waals surface area contributed by atoms with Crippen molar-refractivity contribution in [2.24, 2.45) is 0 Å². The van der Waals surface area contributed by atoms with Gasteiger partial charge < -0.3 is 9.64 Å². The predicted molar refractivity (Wildman–Crippen MR) is 122 cm³/mol. The average Bonchev–Trinajstić information content (AvgIpc) is 3.08. The van der Waals surface area contributed by atoms with Gasteiger partial charge in [0.25, 0.3) is 0 Å². The first kappa shape index (κ1) is 23.8. The summed E-state index contributed by atoms with van der Waals surface area (Å²) in [7, 11) is 0. The molecular weight excluding hydrogens is 358 g/mol. The fourth-order valence-corrected chi connectivity index (χ4v) is 4.30. The van der Waals surface area contributed by atoms with E-state index in [0.717, 1.165) is 19.4 Å². The van der Waals surface area contributed by atoms with E-state index in [1.54, 1.807) is 0 Å². The van der Waals surface area contributed by atoms with E-state index < -0.39 is 0 Å². The minimum atomic E-state index is -0.124. The van der Waals surface area contributed by atoms with Crippen molar-refractivity contribution in [1.82, 2.24) is 4.90 Å². The molecule has 0 aliphatic carbocycles. The molecule has 1 aliphatic rings. The zero-order valence-corrected chi connectivity index (χ0v) is 18.7. The first-order chi connectivity index (χ1) is 14.3. The van der Waals surface area contributed by atoms with Gasteiger partial charge in [-0.05, 0) is 18.4 Å². The van der Waals surface area contributed by atoms with Crippen molar-refractivity contribution in [3.63, 3.8) is 0 Å². The van der Waals surface area contributed by atoms with Gasteiger partial charge in [-0.2, -0.15) is 0 Å². The van der Waals surface area contributed by atoms with Crippen molar-refractivity contribution < 1.29 is 9.53 Å². The summed E-state index contributed by atoms with van der Waals surface area (Å²) < 4.78 is 5.31. The molecule has 3 heteroatoms. The highest BCUT2D eigenvalue weighted by molar-refractivity contribution is 5.70. The summed E-state index contributed by atoms with van der Waals surface area (Å²) in [5.41, 5.74) is 1.28. The van der Waals surface area contributed by atoms with Gasteiger partial charge in [0, 0.05) is 6.54 Å². The molecule has 1 aliphatic heterocycles. The smallest absolute Gasteiger partial charge is 0.410 e. The van der Waals surface area contributed by atoms with Crippen molar-refractivity contribution in [1.29, 1.82) is 0 Å². The maximum absolute atomic E-state index is 12.0. The van der Waals surface area contributed by atoms with E-state index in [4.69, 9.17) is 4.74 Å². The Labute approximate surface area is 179 Å². The van der Waals surface area contributed by atoms with Crippen LogP contribution in [0, 0.1) is 0 Å². The molecule has 1 aromatic rings. The molecule has 0 N–H and O–H groups in total. The number of ether oxygens (including phenoxy) is 1. The number of cyclic esters (lactones) is 1. The van der Waals surface area contributed by atoms with Crippen LogP contribution in [0.2, 0.25) is 0 Å². The van der Waals surface area contributed by atoms with Crippen LogP contribution in [0.15, 0.2) is 30.3 Å². The second kappa shape index (κ2) is 15.3. The van der Waals surface area contributed by atoms with Crippen LogP contribution in [-0.2, 0) is 11.2 Å². The van der Waals surface area contributed by atoms with Gasteiger partial charge >= 0.3 is 6.09 Å². The highest BCUT2D eigenvalue weighted by Gasteiger charge is 2.32. The molecule has 1 saturated heterocycles. The van der Waals surface area contributed by atoms with Gasteiger partial charge in [0.05, 0.1) is 6.04 Å². The number of hydrogen-bond donors (Lipinski definition) is 0. The number of carbonyl (C=O) groups excluding carboxylic acids is 1. The number of unbranched alkanes of at least 4 members (excludes halogenated alkanes) is 13. The van der Waals surface area contributed by atoms with Crippen LogP contribution < -0.4 is 0 Å². The standard InChI is InChI=1S/C26H43NO2/c1-2-3-4-5-6-7-8-9-10-11-12-13-14-18-21-27-25(23-29-26(27)28)22-24-19-16-15-17-20-24/h15-17,19-20,25H,2-14,18,21-23H2,1H3/t25-/m0/s1. The molecule has 0 radical (unpaired) electrons. The molecule has 29 heavy (non-hydrogen) atoms. The third kappa shape index (κ3) is 10.2. The van der Waals surface area contributed by atoms with E-state index in [9.17, 15) is 4.79 Å². The lowest BCUT2D eigenvalue weighted by atomic mass is 10.0. The Morgan fingerprint density at radius 3 is 1.86 bits per heavy atom. The van der Waals surface area contributed by atoms with E-state index in [-0.39, 0.29) is 12.1 Å². The van der Waals surface area contributed by atoms with Gasteiger partial charge in [0.2, 0.25) is 0 Å². The summed E-state index contributed by atoms with van der Waals surface area (Å²) in [6, 6.07) is 10.6. The maximum Gasteiger partial charge on any atom is 0.410 e.